The lowest BCUT2D eigenvalue weighted by Gasteiger charge is -2.05. The van der Waals surface area contributed by atoms with Crippen LogP contribution in [0.1, 0.15) is 5.56 Å². The molecule has 1 aromatic rings. The van der Waals surface area contributed by atoms with Crippen LogP contribution in [-0.4, -0.2) is 13.6 Å². The van der Waals surface area contributed by atoms with Crippen LogP contribution in [0.5, 0.6) is 0 Å². The fourth-order valence-electron chi connectivity index (χ4n) is 1.06. The number of halogens is 4. The molecule has 1 N–H and O–H groups in total. The standard InChI is InChI=1S/C9H9ClF3N/c1-14-3-2-5-4-6(11)9(13)7(10)8(5)12/h4,14H,2-3H2,1H3. The number of likely N-dealkylation sites (N-methyl/N-ethyl adjacent to an activating group) is 1. The molecule has 0 amide bonds. The molecule has 0 aromatic heterocycles. The normalized spacial score (nSPS) is 10.6. The largest absolute Gasteiger partial charge is 0.319 e. The van der Waals surface area contributed by atoms with Crippen molar-refractivity contribution in [2.45, 2.75) is 6.42 Å². The first kappa shape index (κ1) is 11.3. The second-order valence-electron chi connectivity index (χ2n) is 2.81. The summed E-state index contributed by atoms with van der Waals surface area (Å²) in [6.07, 6.45) is 0.263. The summed E-state index contributed by atoms with van der Waals surface area (Å²) < 4.78 is 38.7. The van der Waals surface area contributed by atoms with E-state index in [9.17, 15) is 13.2 Å². The van der Waals surface area contributed by atoms with Gasteiger partial charge >= 0.3 is 0 Å². The third-order valence-electron chi connectivity index (χ3n) is 1.82. The van der Waals surface area contributed by atoms with E-state index in [1.807, 2.05) is 0 Å². The molecule has 1 nitrogen and oxygen atoms in total. The molecule has 0 bridgehead atoms. The number of nitrogens with one attached hydrogen (secondary N) is 1. The van der Waals surface area contributed by atoms with Crippen molar-refractivity contribution in [2.24, 2.45) is 0 Å². The van der Waals surface area contributed by atoms with E-state index in [4.69, 9.17) is 11.6 Å². The van der Waals surface area contributed by atoms with Crippen LogP contribution in [0.15, 0.2) is 6.07 Å². The highest BCUT2D eigenvalue weighted by atomic mass is 35.5. The Balaban J connectivity index is 3.06. The quantitative estimate of drug-likeness (QED) is 0.613. The van der Waals surface area contributed by atoms with E-state index < -0.39 is 22.5 Å². The van der Waals surface area contributed by atoms with E-state index in [1.54, 1.807) is 7.05 Å². The fraction of sp³-hybridized carbons (Fsp3) is 0.333. The van der Waals surface area contributed by atoms with E-state index in [1.165, 1.54) is 0 Å². The highest BCUT2D eigenvalue weighted by Gasteiger charge is 2.16. The third-order valence-corrected chi connectivity index (χ3v) is 2.15. The van der Waals surface area contributed by atoms with Crippen LogP contribution in [0, 0.1) is 17.5 Å². The Labute approximate surface area is 84.9 Å². The lowest BCUT2D eigenvalue weighted by atomic mass is 10.1. The first-order valence-corrected chi connectivity index (χ1v) is 4.42. The Morgan fingerprint density at radius 3 is 2.50 bits per heavy atom. The molecular weight excluding hydrogens is 215 g/mol. The maximum atomic E-state index is 13.2. The molecule has 14 heavy (non-hydrogen) atoms. The van der Waals surface area contributed by atoms with Crippen LogP contribution in [0.2, 0.25) is 5.02 Å². The predicted octanol–water partition coefficient (Wildman–Crippen LogP) is 2.52. The van der Waals surface area contributed by atoms with Gasteiger partial charge in [-0.3, -0.25) is 0 Å². The molecule has 0 aliphatic rings. The Bertz CT molecular complexity index is 341. The van der Waals surface area contributed by atoms with Crippen LogP contribution in [0.25, 0.3) is 0 Å². The summed E-state index contributed by atoms with van der Waals surface area (Å²) in [5.74, 6) is -3.35. The Morgan fingerprint density at radius 1 is 1.29 bits per heavy atom. The zero-order valence-electron chi connectivity index (χ0n) is 7.50. The van der Waals surface area contributed by atoms with Gasteiger partial charge in [-0.15, -0.1) is 0 Å². The van der Waals surface area contributed by atoms with E-state index >= 15 is 0 Å². The fourth-order valence-corrected chi connectivity index (χ4v) is 1.28. The molecule has 1 aromatic carbocycles. The SMILES string of the molecule is CNCCc1cc(F)c(F)c(Cl)c1F. The molecule has 0 aliphatic carbocycles. The molecule has 1 rings (SSSR count). The molecule has 0 saturated carbocycles. The van der Waals surface area contributed by atoms with E-state index in [0.29, 0.717) is 6.54 Å². The summed E-state index contributed by atoms with van der Waals surface area (Å²) in [6, 6.07) is 0.827. The Morgan fingerprint density at radius 2 is 1.93 bits per heavy atom. The monoisotopic (exact) mass is 223 g/mol. The van der Waals surface area contributed by atoms with Crippen molar-refractivity contribution < 1.29 is 13.2 Å². The summed E-state index contributed by atoms with van der Waals surface area (Å²) in [5.41, 5.74) is 0.0725. The van der Waals surface area contributed by atoms with Crippen molar-refractivity contribution in [2.75, 3.05) is 13.6 Å². The number of hydrogen-bond acceptors (Lipinski definition) is 1. The van der Waals surface area contributed by atoms with Gasteiger partial charge in [-0.25, -0.2) is 13.2 Å². The van der Waals surface area contributed by atoms with E-state index in [-0.39, 0.29) is 12.0 Å². The lowest BCUT2D eigenvalue weighted by Crippen LogP contribution is -2.12. The first-order chi connectivity index (χ1) is 6.57. The van der Waals surface area contributed by atoms with Crippen molar-refractivity contribution in [3.8, 4) is 0 Å². The summed E-state index contributed by atoms with van der Waals surface area (Å²) in [5, 5.41) is 1.99. The molecule has 0 spiro atoms. The summed E-state index contributed by atoms with van der Waals surface area (Å²) in [6.45, 7) is 0.471. The van der Waals surface area contributed by atoms with Gasteiger partial charge in [-0.2, -0.15) is 0 Å². The number of hydrogen-bond donors (Lipinski definition) is 1. The number of benzene rings is 1. The van der Waals surface area contributed by atoms with Crippen molar-refractivity contribution in [1.29, 1.82) is 0 Å². The molecule has 5 heteroatoms. The van der Waals surface area contributed by atoms with Gasteiger partial charge in [0.1, 0.15) is 10.8 Å². The second kappa shape index (κ2) is 4.66. The van der Waals surface area contributed by atoms with Crippen molar-refractivity contribution in [3.05, 3.63) is 34.1 Å². The van der Waals surface area contributed by atoms with Gasteiger partial charge in [-0.1, -0.05) is 11.6 Å². The molecule has 0 radical (unpaired) electrons. The summed E-state index contributed by atoms with van der Waals surface area (Å²) in [7, 11) is 1.68. The van der Waals surface area contributed by atoms with Crippen LogP contribution >= 0.6 is 11.6 Å². The topological polar surface area (TPSA) is 12.0 Å². The second-order valence-corrected chi connectivity index (χ2v) is 3.19. The van der Waals surface area contributed by atoms with Crippen molar-refractivity contribution in [1.82, 2.24) is 5.32 Å². The lowest BCUT2D eigenvalue weighted by molar-refractivity contribution is 0.490. The van der Waals surface area contributed by atoms with Gasteiger partial charge in [0.15, 0.2) is 11.6 Å². The number of rotatable bonds is 3. The molecule has 78 valence electrons. The van der Waals surface area contributed by atoms with Crippen LogP contribution in [-0.2, 0) is 6.42 Å². The van der Waals surface area contributed by atoms with Crippen LogP contribution < -0.4 is 5.32 Å². The highest BCUT2D eigenvalue weighted by molar-refractivity contribution is 6.31. The van der Waals surface area contributed by atoms with Gasteiger partial charge in [0.2, 0.25) is 0 Å². The summed E-state index contributed by atoms with van der Waals surface area (Å²) in [4.78, 5) is 0. The van der Waals surface area contributed by atoms with Crippen LogP contribution in [0.3, 0.4) is 0 Å². The zero-order chi connectivity index (χ0) is 10.7. The maximum Gasteiger partial charge on any atom is 0.180 e. The first-order valence-electron chi connectivity index (χ1n) is 4.04. The van der Waals surface area contributed by atoms with Gasteiger partial charge in [0.25, 0.3) is 0 Å². The summed E-state index contributed by atoms with van der Waals surface area (Å²) >= 11 is 5.26. The minimum Gasteiger partial charge on any atom is -0.319 e. The van der Waals surface area contributed by atoms with Gasteiger partial charge < -0.3 is 5.32 Å². The predicted molar refractivity (Wildman–Crippen MR) is 49.0 cm³/mol. The maximum absolute atomic E-state index is 13.2. The highest BCUT2D eigenvalue weighted by Crippen LogP contribution is 2.24. The van der Waals surface area contributed by atoms with E-state index in [0.717, 1.165) is 6.07 Å². The van der Waals surface area contributed by atoms with Crippen molar-refractivity contribution >= 4 is 11.6 Å². The van der Waals surface area contributed by atoms with Crippen molar-refractivity contribution in [3.63, 3.8) is 0 Å². The Hall–Kier alpha value is -0.740. The van der Waals surface area contributed by atoms with E-state index in [2.05, 4.69) is 5.32 Å². The third kappa shape index (κ3) is 2.19. The average Bonchev–Trinajstić information content (AvgIpc) is 2.18. The van der Waals surface area contributed by atoms with Gasteiger partial charge in [0.05, 0.1) is 0 Å². The minimum absolute atomic E-state index is 0.0725. The van der Waals surface area contributed by atoms with Gasteiger partial charge in [-0.05, 0) is 31.6 Å². The smallest absolute Gasteiger partial charge is 0.180 e. The molecule has 0 fully saturated rings. The Kier molecular flexibility index (Phi) is 3.77. The molecule has 0 saturated heterocycles. The minimum atomic E-state index is -1.34. The molecule has 0 unspecified atom stereocenters. The molecule has 0 aliphatic heterocycles. The average molecular weight is 224 g/mol. The molecule has 0 atom stereocenters. The molecule has 0 heterocycles. The van der Waals surface area contributed by atoms with Gasteiger partial charge in [0, 0.05) is 0 Å². The zero-order valence-corrected chi connectivity index (χ0v) is 8.26. The van der Waals surface area contributed by atoms with Crippen LogP contribution in [0.4, 0.5) is 13.2 Å². The molecular formula is C9H9ClF3N.